The summed E-state index contributed by atoms with van der Waals surface area (Å²) in [6, 6.07) is -0.507. The lowest BCUT2D eigenvalue weighted by atomic mass is 9.99. The van der Waals surface area contributed by atoms with Crippen molar-refractivity contribution in [1.29, 1.82) is 0 Å². The second-order valence-corrected chi connectivity index (χ2v) is 2.89. The Morgan fingerprint density at radius 2 is 2.23 bits per heavy atom. The van der Waals surface area contributed by atoms with E-state index in [2.05, 4.69) is 10.6 Å². The lowest BCUT2D eigenvalue weighted by Gasteiger charge is -2.23. The number of carboxylic acids is 1. The van der Waals surface area contributed by atoms with Crippen molar-refractivity contribution in [3.05, 3.63) is 0 Å². The average Bonchev–Trinajstić information content (AvgIpc) is 2.54. The summed E-state index contributed by atoms with van der Waals surface area (Å²) in [5.74, 6) is -1.06. The first-order valence-electron chi connectivity index (χ1n) is 3.92. The molecule has 1 aliphatic rings. The van der Waals surface area contributed by atoms with Crippen LogP contribution in [0.25, 0.3) is 0 Å². The number of carbonyl (C=O) groups excluding carboxylic acids is 1. The van der Waals surface area contributed by atoms with Gasteiger partial charge in [0.25, 0.3) is 0 Å². The van der Waals surface area contributed by atoms with Crippen LogP contribution in [0.2, 0.25) is 0 Å². The largest absolute Gasteiger partial charge is 0.479 e. The molecule has 0 saturated carbocycles. The third-order valence-electron chi connectivity index (χ3n) is 2.01. The van der Waals surface area contributed by atoms with Crippen molar-refractivity contribution in [2.75, 3.05) is 20.3 Å². The number of ether oxygens (including phenoxy) is 1. The number of aliphatic carboxylic acids is 1. The smallest absolute Gasteiger partial charge is 0.332 e. The minimum absolute atomic E-state index is 0.0236. The van der Waals surface area contributed by atoms with Gasteiger partial charge in [-0.2, -0.15) is 0 Å². The molecule has 0 radical (unpaired) electrons. The van der Waals surface area contributed by atoms with Gasteiger partial charge in [0, 0.05) is 20.1 Å². The first-order valence-corrected chi connectivity index (χ1v) is 3.92. The lowest BCUT2D eigenvalue weighted by Crippen LogP contribution is -2.57. The number of nitrogens with one attached hydrogen (secondary N) is 2. The summed E-state index contributed by atoms with van der Waals surface area (Å²) in [6.07, 6.45) is 0.301. The molecule has 6 heteroatoms. The van der Waals surface area contributed by atoms with Crippen molar-refractivity contribution < 1.29 is 19.4 Å². The number of hydrogen-bond acceptors (Lipinski definition) is 3. The van der Waals surface area contributed by atoms with E-state index in [9.17, 15) is 9.59 Å². The quantitative estimate of drug-likeness (QED) is 0.527. The SMILES string of the molecule is CNC(=O)NC1(C(=O)O)CCOC1. The number of carboxylic acid groups (broad SMARTS) is 1. The molecule has 13 heavy (non-hydrogen) atoms. The molecule has 1 atom stereocenters. The van der Waals surface area contributed by atoms with Crippen LogP contribution in [0, 0.1) is 0 Å². The van der Waals surface area contributed by atoms with Crippen molar-refractivity contribution in [1.82, 2.24) is 10.6 Å². The van der Waals surface area contributed by atoms with Crippen molar-refractivity contribution >= 4 is 12.0 Å². The van der Waals surface area contributed by atoms with Gasteiger partial charge in [-0.3, -0.25) is 0 Å². The molecule has 1 rings (SSSR count). The standard InChI is InChI=1S/C7H12N2O4/c1-8-6(12)9-7(5(10)11)2-3-13-4-7/h2-4H2,1H3,(H,10,11)(H2,8,9,12). The predicted molar refractivity (Wildman–Crippen MR) is 43.4 cm³/mol. The molecular weight excluding hydrogens is 176 g/mol. The second-order valence-electron chi connectivity index (χ2n) is 2.89. The Balaban J connectivity index is 2.68. The van der Waals surface area contributed by atoms with Gasteiger partial charge < -0.3 is 20.5 Å². The van der Waals surface area contributed by atoms with E-state index in [4.69, 9.17) is 9.84 Å². The average molecular weight is 188 g/mol. The molecule has 0 aliphatic carbocycles. The maximum absolute atomic E-state index is 10.9. The van der Waals surface area contributed by atoms with Crippen LogP contribution < -0.4 is 10.6 Å². The third kappa shape index (κ3) is 1.89. The Hall–Kier alpha value is -1.30. The molecule has 1 fully saturated rings. The zero-order valence-corrected chi connectivity index (χ0v) is 7.29. The molecule has 0 aromatic rings. The molecule has 6 nitrogen and oxygen atoms in total. The maximum atomic E-state index is 10.9. The summed E-state index contributed by atoms with van der Waals surface area (Å²) in [5.41, 5.74) is -1.25. The molecule has 1 unspecified atom stereocenters. The van der Waals surface area contributed by atoms with E-state index in [1.807, 2.05) is 0 Å². The Bertz CT molecular complexity index is 223. The molecule has 0 spiro atoms. The van der Waals surface area contributed by atoms with Gasteiger partial charge in [0.2, 0.25) is 0 Å². The van der Waals surface area contributed by atoms with Crippen LogP contribution in [-0.4, -0.2) is 42.9 Å². The van der Waals surface area contributed by atoms with Gasteiger partial charge in [-0.25, -0.2) is 9.59 Å². The molecular formula is C7H12N2O4. The predicted octanol–water partition coefficient (Wildman–Crippen LogP) is -0.841. The Labute approximate surface area is 75.3 Å². The molecule has 3 N–H and O–H groups in total. The van der Waals surface area contributed by atoms with Crippen molar-refractivity contribution in [2.45, 2.75) is 12.0 Å². The molecule has 1 saturated heterocycles. The Morgan fingerprint density at radius 3 is 2.62 bits per heavy atom. The van der Waals surface area contributed by atoms with Gasteiger partial charge in [-0.05, 0) is 0 Å². The lowest BCUT2D eigenvalue weighted by molar-refractivity contribution is -0.144. The zero-order chi connectivity index (χ0) is 9.90. The highest BCUT2D eigenvalue weighted by atomic mass is 16.5. The fourth-order valence-electron chi connectivity index (χ4n) is 1.17. The van der Waals surface area contributed by atoms with Gasteiger partial charge in [-0.15, -0.1) is 0 Å². The van der Waals surface area contributed by atoms with E-state index in [-0.39, 0.29) is 6.61 Å². The van der Waals surface area contributed by atoms with Gasteiger partial charge in [-0.1, -0.05) is 0 Å². The molecule has 0 aromatic carbocycles. The number of rotatable bonds is 2. The summed E-state index contributed by atoms with van der Waals surface area (Å²) in [6.45, 7) is 0.381. The van der Waals surface area contributed by atoms with Crippen LogP contribution in [0.5, 0.6) is 0 Å². The normalized spacial score (nSPS) is 26.8. The van der Waals surface area contributed by atoms with Crippen LogP contribution in [0.15, 0.2) is 0 Å². The monoisotopic (exact) mass is 188 g/mol. The molecule has 1 aliphatic heterocycles. The fourth-order valence-corrected chi connectivity index (χ4v) is 1.17. The van der Waals surface area contributed by atoms with Crippen LogP contribution in [0.1, 0.15) is 6.42 Å². The first-order chi connectivity index (χ1) is 6.10. The summed E-state index contributed by atoms with van der Waals surface area (Å²) in [7, 11) is 1.43. The Kier molecular flexibility index (Phi) is 2.72. The van der Waals surface area contributed by atoms with Crippen LogP contribution in [0.3, 0.4) is 0 Å². The molecule has 74 valence electrons. The van der Waals surface area contributed by atoms with Gasteiger partial charge in [0.15, 0.2) is 5.54 Å². The minimum atomic E-state index is -1.25. The Morgan fingerprint density at radius 1 is 1.54 bits per heavy atom. The van der Waals surface area contributed by atoms with Crippen LogP contribution in [0.4, 0.5) is 4.79 Å². The number of carbonyl (C=O) groups is 2. The van der Waals surface area contributed by atoms with E-state index >= 15 is 0 Å². The summed E-state index contributed by atoms with van der Waals surface area (Å²) >= 11 is 0. The minimum Gasteiger partial charge on any atom is -0.479 e. The molecule has 1 heterocycles. The zero-order valence-electron chi connectivity index (χ0n) is 7.29. The van der Waals surface area contributed by atoms with Crippen molar-refractivity contribution in [3.63, 3.8) is 0 Å². The number of amides is 2. The van der Waals surface area contributed by atoms with Crippen LogP contribution >= 0.6 is 0 Å². The highest BCUT2D eigenvalue weighted by molar-refractivity contribution is 5.86. The maximum Gasteiger partial charge on any atom is 0.332 e. The van der Waals surface area contributed by atoms with E-state index in [1.165, 1.54) is 7.05 Å². The topological polar surface area (TPSA) is 87.7 Å². The van der Waals surface area contributed by atoms with Crippen molar-refractivity contribution in [3.8, 4) is 0 Å². The number of hydrogen-bond donors (Lipinski definition) is 3. The molecule has 0 bridgehead atoms. The molecule has 2 amide bonds. The number of urea groups is 1. The van der Waals surface area contributed by atoms with Crippen molar-refractivity contribution in [2.24, 2.45) is 0 Å². The van der Waals surface area contributed by atoms with E-state index < -0.39 is 17.5 Å². The highest BCUT2D eigenvalue weighted by Gasteiger charge is 2.43. The highest BCUT2D eigenvalue weighted by Crippen LogP contribution is 2.18. The van der Waals surface area contributed by atoms with E-state index in [1.54, 1.807) is 0 Å². The second kappa shape index (κ2) is 3.61. The van der Waals surface area contributed by atoms with Gasteiger partial charge in [0.1, 0.15) is 0 Å². The van der Waals surface area contributed by atoms with Crippen LogP contribution in [-0.2, 0) is 9.53 Å². The van der Waals surface area contributed by atoms with Gasteiger partial charge in [0.05, 0.1) is 6.61 Å². The summed E-state index contributed by atoms with van der Waals surface area (Å²) in [5, 5.41) is 13.6. The third-order valence-corrected chi connectivity index (χ3v) is 2.01. The summed E-state index contributed by atoms with van der Waals surface area (Å²) < 4.78 is 4.94. The first kappa shape index (κ1) is 9.79. The molecule has 0 aromatic heterocycles. The van der Waals surface area contributed by atoms with Gasteiger partial charge >= 0.3 is 12.0 Å². The fraction of sp³-hybridized carbons (Fsp3) is 0.714. The van der Waals surface area contributed by atoms with E-state index in [0.29, 0.717) is 13.0 Å². The summed E-state index contributed by atoms with van der Waals surface area (Å²) in [4.78, 5) is 21.8. The van der Waals surface area contributed by atoms with E-state index in [0.717, 1.165) is 0 Å².